The van der Waals surface area contributed by atoms with Gasteiger partial charge in [-0.1, -0.05) is 23.2 Å². The van der Waals surface area contributed by atoms with Gasteiger partial charge < -0.3 is 5.11 Å². The number of carboxylic acids is 1. The number of aromatic nitrogens is 1. The lowest BCUT2D eigenvalue weighted by molar-refractivity contribution is -0.385. The van der Waals surface area contributed by atoms with Crippen molar-refractivity contribution in [2.45, 2.75) is 24.2 Å². The maximum Gasteiger partial charge on any atom is 0.356 e. The molecule has 0 radical (unpaired) electrons. The lowest BCUT2D eigenvalue weighted by Crippen LogP contribution is -2.35. The lowest BCUT2D eigenvalue weighted by Gasteiger charge is -2.18. The summed E-state index contributed by atoms with van der Waals surface area (Å²) in [6, 6.07) is 5.61. The van der Waals surface area contributed by atoms with Crippen LogP contribution in [0.25, 0.3) is 0 Å². The fourth-order valence-electron chi connectivity index (χ4n) is 3.02. The molecule has 34 heavy (non-hydrogen) atoms. The SMILES string of the molecule is CS(=O)(=O)c1ccc(C(=O)C2C(=O)CCCC2=O)c([N+](=O)[O-])c1.O=C(O)c1nc(Cl)ccc1Cl. The first-order chi connectivity index (χ1) is 15.7. The molecule has 1 fully saturated rings. The van der Waals surface area contributed by atoms with Gasteiger partial charge in [0.05, 0.1) is 20.4 Å². The Hall–Kier alpha value is -3.22. The van der Waals surface area contributed by atoms with Gasteiger partial charge in [0.15, 0.2) is 32.9 Å². The van der Waals surface area contributed by atoms with Crippen LogP contribution < -0.4 is 0 Å². The summed E-state index contributed by atoms with van der Waals surface area (Å²) in [6.45, 7) is 0. The highest BCUT2D eigenvalue weighted by atomic mass is 35.5. The highest BCUT2D eigenvalue weighted by Gasteiger charge is 2.39. The number of benzene rings is 1. The van der Waals surface area contributed by atoms with Crippen LogP contribution >= 0.6 is 23.2 Å². The van der Waals surface area contributed by atoms with E-state index in [1.807, 2.05) is 0 Å². The molecule has 180 valence electrons. The van der Waals surface area contributed by atoms with Crippen LogP contribution in [0.5, 0.6) is 0 Å². The van der Waals surface area contributed by atoms with Gasteiger partial charge in [0, 0.05) is 25.2 Å². The molecule has 11 nitrogen and oxygen atoms in total. The van der Waals surface area contributed by atoms with Gasteiger partial charge in [-0.2, -0.15) is 0 Å². The number of pyridine rings is 1. The zero-order valence-corrected chi connectivity index (χ0v) is 19.7. The molecule has 1 heterocycles. The first-order valence-corrected chi connectivity index (χ1v) is 12.0. The minimum Gasteiger partial charge on any atom is -0.476 e. The van der Waals surface area contributed by atoms with Crippen molar-refractivity contribution >= 4 is 62.0 Å². The number of sulfone groups is 1. The molecule has 1 aliphatic rings. The molecule has 14 heteroatoms. The maximum atomic E-state index is 12.4. The average molecular weight is 531 g/mol. The Balaban J connectivity index is 0.000000310. The van der Waals surface area contributed by atoms with Crippen LogP contribution in [0, 0.1) is 16.0 Å². The molecule has 0 aliphatic heterocycles. The second-order valence-electron chi connectivity index (χ2n) is 7.06. The maximum absolute atomic E-state index is 12.4. The second kappa shape index (κ2) is 10.8. The fraction of sp³-hybridized carbons (Fsp3) is 0.250. The molecule has 0 amide bonds. The van der Waals surface area contributed by atoms with Crippen LogP contribution in [-0.2, 0) is 19.4 Å². The molecule has 0 unspecified atom stereocenters. The lowest BCUT2D eigenvalue weighted by atomic mass is 9.81. The Kier molecular flexibility index (Phi) is 8.59. The largest absolute Gasteiger partial charge is 0.476 e. The minimum absolute atomic E-state index is 0.0668. The Morgan fingerprint density at radius 3 is 2.18 bits per heavy atom. The van der Waals surface area contributed by atoms with Crippen LogP contribution in [0.3, 0.4) is 0 Å². The van der Waals surface area contributed by atoms with Crippen molar-refractivity contribution in [3.05, 3.63) is 61.9 Å². The van der Waals surface area contributed by atoms with Crippen LogP contribution in [0.4, 0.5) is 5.69 Å². The van der Waals surface area contributed by atoms with E-state index in [1.54, 1.807) is 0 Å². The van der Waals surface area contributed by atoms with E-state index in [0.29, 0.717) is 6.42 Å². The van der Waals surface area contributed by atoms with Gasteiger partial charge in [-0.3, -0.25) is 24.5 Å². The van der Waals surface area contributed by atoms with Gasteiger partial charge in [0.1, 0.15) is 11.1 Å². The van der Waals surface area contributed by atoms with Crippen molar-refractivity contribution in [3.63, 3.8) is 0 Å². The number of nitro groups is 1. The number of aromatic carboxylic acids is 1. The molecule has 1 saturated carbocycles. The van der Waals surface area contributed by atoms with Gasteiger partial charge in [0.2, 0.25) is 0 Å². The zero-order valence-electron chi connectivity index (χ0n) is 17.4. The van der Waals surface area contributed by atoms with Gasteiger partial charge >= 0.3 is 5.97 Å². The van der Waals surface area contributed by atoms with E-state index in [-0.39, 0.29) is 33.6 Å². The molecule has 1 N–H and O–H groups in total. The van der Waals surface area contributed by atoms with Crippen molar-refractivity contribution < 1.29 is 37.6 Å². The Morgan fingerprint density at radius 1 is 1.12 bits per heavy atom. The van der Waals surface area contributed by atoms with Crippen molar-refractivity contribution in [3.8, 4) is 0 Å². The quantitative estimate of drug-likeness (QED) is 0.198. The number of Topliss-reactive ketones (excluding diaryl/α,β-unsaturated/α-hetero) is 3. The van der Waals surface area contributed by atoms with Crippen LogP contribution in [0.15, 0.2) is 35.2 Å². The molecule has 0 spiro atoms. The number of nitrogens with zero attached hydrogens (tertiary/aromatic N) is 2. The third-order valence-electron chi connectivity index (χ3n) is 4.63. The number of hydrogen-bond acceptors (Lipinski definition) is 9. The monoisotopic (exact) mass is 530 g/mol. The van der Waals surface area contributed by atoms with Crippen LogP contribution in [0.1, 0.15) is 40.1 Å². The van der Waals surface area contributed by atoms with Gasteiger partial charge in [-0.25, -0.2) is 18.2 Å². The van der Waals surface area contributed by atoms with Gasteiger partial charge in [0.25, 0.3) is 5.69 Å². The zero-order chi connectivity index (χ0) is 25.8. The highest BCUT2D eigenvalue weighted by Crippen LogP contribution is 2.28. The number of rotatable bonds is 5. The number of halogens is 2. The van der Waals surface area contributed by atoms with Crippen molar-refractivity contribution in [1.82, 2.24) is 4.98 Å². The molecular weight excluding hydrogens is 515 g/mol. The molecule has 0 atom stereocenters. The standard InChI is InChI=1S/C14H13NO7S.C6H3Cl2NO2/c1-23(21,22)8-5-6-9(10(7-8)15(19)20)14(18)13-11(16)3-2-4-12(13)17;7-3-1-2-4(8)9-5(3)6(10)11/h5-7,13H,2-4H2,1H3;1-2H,(H,10,11). The minimum atomic E-state index is -3.70. The third kappa shape index (κ3) is 6.43. The molecule has 1 aromatic carbocycles. The van der Waals surface area contributed by atoms with Crippen LogP contribution in [-0.4, -0.2) is 53.0 Å². The average Bonchev–Trinajstić information content (AvgIpc) is 2.74. The van der Waals surface area contributed by atoms with E-state index >= 15 is 0 Å². The summed E-state index contributed by atoms with van der Waals surface area (Å²) in [5.74, 6) is -4.80. The normalized spacial score (nSPS) is 14.2. The number of nitro benzene ring substituents is 1. The number of hydrogen-bond donors (Lipinski definition) is 1. The van der Waals surface area contributed by atoms with E-state index in [9.17, 15) is 37.7 Å². The number of ketones is 3. The van der Waals surface area contributed by atoms with Gasteiger partial charge in [-0.05, 0) is 30.7 Å². The van der Waals surface area contributed by atoms with Crippen molar-refractivity contribution in [2.75, 3.05) is 6.26 Å². The van der Waals surface area contributed by atoms with E-state index in [4.69, 9.17) is 28.3 Å². The number of carbonyl (C=O) groups excluding carboxylic acids is 3. The predicted molar refractivity (Wildman–Crippen MR) is 119 cm³/mol. The van der Waals surface area contributed by atoms with Crippen LogP contribution in [0.2, 0.25) is 10.2 Å². The van der Waals surface area contributed by atoms with E-state index < -0.39 is 55.2 Å². The predicted octanol–water partition coefficient (Wildman–Crippen LogP) is 3.21. The number of carboxylic acid groups (broad SMARTS) is 1. The van der Waals surface area contributed by atoms with E-state index in [0.717, 1.165) is 24.5 Å². The second-order valence-corrected chi connectivity index (χ2v) is 9.87. The van der Waals surface area contributed by atoms with E-state index in [1.165, 1.54) is 12.1 Å². The summed E-state index contributed by atoms with van der Waals surface area (Å²) >= 11 is 10.9. The Bertz CT molecular complexity index is 1290. The summed E-state index contributed by atoms with van der Waals surface area (Å²) in [5, 5.41) is 19.8. The molecule has 1 aliphatic carbocycles. The smallest absolute Gasteiger partial charge is 0.356 e. The summed E-state index contributed by atoms with van der Waals surface area (Å²) in [6.07, 6.45) is 1.37. The van der Waals surface area contributed by atoms with Crippen molar-refractivity contribution in [2.24, 2.45) is 5.92 Å². The first kappa shape index (κ1) is 27.0. The molecule has 1 aromatic heterocycles. The number of carbonyl (C=O) groups is 4. The van der Waals surface area contributed by atoms with Crippen molar-refractivity contribution in [1.29, 1.82) is 0 Å². The highest BCUT2D eigenvalue weighted by molar-refractivity contribution is 7.90. The fourth-order valence-corrected chi connectivity index (χ4v) is 4.00. The molecule has 0 bridgehead atoms. The summed E-state index contributed by atoms with van der Waals surface area (Å²) in [7, 11) is -3.70. The van der Waals surface area contributed by atoms with E-state index in [2.05, 4.69) is 4.98 Å². The Morgan fingerprint density at radius 2 is 1.71 bits per heavy atom. The first-order valence-electron chi connectivity index (χ1n) is 9.37. The molecule has 2 aromatic rings. The summed E-state index contributed by atoms with van der Waals surface area (Å²) in [5.41, 5.74) is -1.39. The third-order valence-corrected chi connectivity index (χ3v) is 6.25. The van der Waals surface area contributed by atoms with Gasteiger partial charge in [-0.15, -0.1) is 0 Å². The topological polar surface area (TPSA) is 179 Å². The summed E-state index contributed by atoms with van der Waals surface area (Å²) in [4.78, 5) is 59.8. The summed E-state index contributed by atoms with van der Waals surface area (Å²) < 4.78 is 23.0. The molecule has 0 saturated heterocycles. The Labute approximate surface area is 202 Å². The molecule has 3 rings (SSSR count). The molecular formula is C20H16Cl2N2O9S.